The number of nitrogens with zero attached hydrogens (tertiary/aromatic N) is 2. The molecule has 104 valence electrons. The first-order valence-corrected chi connectivity index (χ1v) is 6.68. The molecule has 1 aromatic carbocycles. The highest BCUT2D eigenvalue weighted by molar-refractivity contribution is 7.80. The maximum Gasteiger partial charge on any atom is 0.249 e. The Kier molecular flexibility index (Phi) is 3.99. The van der Waals surface area contributed by atoms with Gasteiger partial charge in [-0.3, -0.25) is 0 Å². The van der Waals surface area contributed by atoms with Gasteiger partial charge in [0, 0.05) is 0 Å². The standard InChI is InChI=1S/C15H17N3OS/c1-15(2,3)10-4-6-11(7-5-10)19-14-12(13(16)20)8-9-17-18-14/h4-9H,1-3H3,(H2,16,20). The molecular formula is C15H17N3OS. The summed E-state index contributed by atoms with van der Waals surface area (Å²) in [6.07, 6.45) is 1.53. The lowest BCUT2D eigenvalue weighted by atomic mass is 9.87. The summed E-state index contributed by atoms with van der Waals surface area (Å²) in [5, 5.41) is 7.72. The first kappa shape index (κ1) is 14.4. The number of rotatable bonds is 3. The van der Waals surface area contributed by atoms with Crippen LogP contribution in [0, 0.1) is 0 Å². The fourth-order valence-electron chi connectivity index (χ4n) is 1.72. The third kappa shape index (κ3) is 3.30. The van der Waals surface area contributed by atoms with Crippen LogP contribution in [0.3, 0.4) is 0 Å². The summed E-state index contributed by atoms with van der Waals surface area (Å²) in [4.78, 5) is 0.237. The molecular weight excluding hydrogens is 270 g/mol. The molecule has 20 heavy (non-hydrogen) atoms. The van der Waals surface area contributed by atoms with E-state index in [-0.39, 0.29) is 10.4 Å². The molecule has 2 aromatic rings. The molecule has 0 bridgehead atoms. The van der Waals surface area contributed by atoms with Crippen molar-refractivity contribution in [3.8, 4) is 11.6 Å². The number of thiocarbonyl (C=S) groups is 1. The normalized spacial score (nSPS) is 11.2. The molecule has 4 nitrogen and oxygen atoms in total. The van der Waals surface area contributed by atoms with Crippen LogP contribution in [0.1, 0.15) is 31.9 Å². The second-order valence-corrected chi connectivity index (χ2v) is 5.93. The highest BCUT2D eigenvalue weighted by Crippen LogP contribution is 2.27. The van der Waals surface area contributed by atoms with E-state index in [1.165, 1.54) is 11.8 Å². The fourth-order valence-corrected chi connectivity index (χ4v) is 1.87. The summed E-state index contributed by atoms with van der Waals surface area (Å²) < 4.78 is 5.70. The lowest BCUT2D eigenvalue weighted by Gasteiger charge is -2.19. The number of hydrogen-bond donors (Lipinski definition) is 1. The highest BCUT2D eigenvalue weighted by Gasteiger charge is 2.14. The van der Waals surface area contributed by atoms with Crippen LogP contribution in [-0.2, 0) is 5.41 Å². The summed E-state index contributed by atoms with van der Waals surface area (Å²) in [7, 11) is 0. The van der Waals surface area contributed by atoms with Crippen LogP contribution in [0.4, 0.5) is 0 Å². The minimum absolute atomic E-state index is 0.106. The third-order valence-electron chi connectivity index (χ3n) is 2.89. The zero-order valence-electron chi connectivity index (χ0n) is 11.8. The van der Waals surface area contributed by atoms with Crippen molar-refractivity contribution in [3.05, 3.63) is 47.7 Å². The molecule has 1 aromatic heterocycles. The maximum atomic E-state index is 5.70. The molecule has 5 heteroatoms. The Morgan fingerprint density at radius 1 is 1.15 bits per heavy atom. The van der Waals surface area contributed by atoms with Crippen LogP contribution in [0.15, 0.2) is 36.5 Å². The van der Waals surface area contributed by atoms with Gasteiger partial charge in [0.25, 0.3) is 0 Å². The second kappa shape index (κ2) is 5.54. The summed E-state index contributed by atoms with van der Waals surface area (Å²) >= 11 is 4.97. The molecule has 0 unspecified atom stereocenters. The Bertz CT molecular complexity index is 618. The molecule has 0 aliphatic rings. The molecule has 2 rings (SSSR count). The molecule has 1 heterocycles. The predicted molar refractivity (Wildman–Crippen MR) is 83.1 cm³/mol. The maximum absolute atomic E-state index is 5.70. The first-order valence-electron chi connectivity index (χ1n) is 6.28. The first-order chi connectivity index (χ1) is 9.38. The highest BCUT2D eigenvalue weighted by atomic mass is 32.1. The van der Waals surface area contributed by atoms with Crippen LogP contribution < -0.4 is 10.5 Å². The molecule has 0 aliphatic heterocycles. The van der Waals surface area contributed by atoms with Crippen LogP contribution in [0.2, 0.25) is 0 Å². The van der Waals surface area contributed by atoms with Gasteiger partial charge in [-0.25, -0.2) is 0 Å². The average molecular weight is 287 g/mol. The summed E-state index contributed by atoms with van der Waals surface area (Å²) in [6.45, 7) is 6.49. The van der Waals surface area contributed by atoms with E-state index in [0.717, 1.165) is 0 Å². The van der Waals surface area contributed by atoms with Crippen molar-refractivity contribution in [2.24, 2.45) is 5.73 Å². The van der Waals surface area contributed by atoms with E-state index in [9.17, 15) is 0 Å². The van der Waals surface area contributed by atoms with Gasteiger partial charge in [0.1, 0.15) is 10.7 Å². The van der Waals surface area contributed by atoms with E-state index in [0.29, 0.717) is 17.2 Å². The van der Waals surface area contributed by atoms with Gasteiger partial charge in [-0.05, 0) is 29.2 Å². The second-order valence-electron chi connectivity index (χ2n) is 5.49. The van der Waals surface area contributed by atoms with Gasteiger partial charge < -0.3 is 10.5 Å². The molecule has 0 aliphatic carbocycles. The SMILES string of the molecule is CC(C)(C)c1ccc(Oc2nnccc2C(N)=S)cc1. The summed E-state index contributed by atoms with van der Waals surface area (Å²) in [6, 6.07) is 9.56. The van der Waals surface area contributed by atoms with Gasteiger partial charge in [0.15, 0.2) is 0 Å². The Morgan fingerprint density at radius 2 is 1.80 bits per heavy atom. The van der Waals surface area contributed by atoms with Gasteiger partial charge >= 0.3 is 0 Å². The summed E-state index contributed by atoms with van der Waals surface area (Å²) in [5.41, 5.74) is 7.55. The quantitative estimate of drug-likeness (QED) is 0.878. The van der Waals surface area contributed by atoms with Crippen LogP contribution in [0.5, 0.6) is 11.6 Å². The lowest BCUT2D eigenvalue weighted by molar-refractivity contribution is 0.453. The fraction of sp³-hybridized carbons (Fsp3) is 0.267. The van der Waals surface area contributed by atoms with Crippen molar-refractivity contribution < 1.29 is 4.74 Å². The third-order valence-corrected chi connectivity index (χ3v) is 3.11. The van der Waals surface area contributed by atoms with Gasteiger partial charge in [-0.2, -0.15) is 5.10 Å². The lowest BCUT2D eigenvalue weighted by Crippen LogP contribution is -2.12. The van der Waals surface area contributed by atoms with E-state index >= 15 is 0 Å². The minimum Gasteiger partial charge on any atom is -0.437 e. The predicted octanol–water partition coefficient (Wildman–Crippen LogP) is 3.20. The van der Waals surface area contributed by atoms with Crippen molar-refractivity contribution >= 4 is 17.2 Å². The Hall–Kier alpha value is -2.01. The minimum atomic E-state index is 0.106. The van der Waals surface area contributed by atoms with Crippen LogP contribution >= 0.6 is 12.2 Å². The molecule has 0 atom stereocenters. The van der Waals surface area contributed by atoms with E-state index in [4.69, 9.17) is 22.7 Å². The number of benzene rings is 1. The van der Waals surface area contributed by atoms with Crippen molar-refractivity contribution in [2.45, 2.75) is 26.2 Å². The van der Waals surface area contributed by atoms with Gasteiger partial charge in [-0.1, -0.05) is 45.1 Å². The van der Waals surface area contributed by atoms with Crippen LogP contribution in [0.25, 0.3) is 0 Å². The van der Waals surface area contributed by atoms with Gasteiger partial charge in [-0.15, -0.1) is 5.10 Å². The molecule has 0 amide bonds. The van der Waals surface area contributed by atoms with Crippen molar-refractivity contribution in [3.63, 3.8) is 0 Å². The molecule has 0 saturated carbocycles. The Morgan fingerprint density at radius 3 is 2.35 bits per heavy atom. The molecule has 0 radical (unpaired) electrons. The van der Waals surface area contributed by atoms with Crippen LogP contribution in [-0.4, -0.2) is 15.2 Å². The monoisotopic (exact) mass is 287 g/mol. The zero-order chi connectivity index (χ0) is 14.8. The van der Waals surface area contributed by atoms with Crippen molar-refractivity contribution in [1.29, 1.82) is 0 Å². The molecule has 0 fully saturated rings. The van der Waals surface area contributed by atoms with E-state index < -0.39 is 0 Å². The van der Waals surface area contributed by atoms with E-state index in [2.05, 4.69) is 31.0 Å². The topological polar surface area (TPSA) is 61.0 Å². The van der Waals surface area contributed by atoms with E-state index in [1.54, 1.807) is 6.07 Å². The Labute approximate surface area is 124 Å². The molecule has 0 saturated heterocycles. The number of aromatic nitrogens is 2. The largest absolute Gasteiger partial charge is 0.437 e. The van der Waals surface area contributed by atoms with E-state index in [1.807, 2.05) is 24.3 Å². The Balaban J connectivity index is 2.25. The number of ether oxygens (including phenoxy) is 1. The van der Waals surface area contributed by atoms with Crippen molar-refractivity contribution in [1.82, 2.24) is 10.2 Å². The molecule has 2 N–H and O–H groups in total. The van der Waals surface area contributed by atoms with Gasteiger partial charge in [0.2, 0.25) is 5.88 Å². The molecule has 0 spiro atoms. The smallest absolute Gasteiger partial charge is 0.249 e. The van der Waals surface area contributed by atoms with Gasteiger partial charge in [0.05, 0.1) is 11.8 Å². The zero-order valence-corrected chi connectivity index (χ0v) is 12.6. The number of hydrogen-bond acceptors (Lipinski definition) is 4. The average Bonchev–Trinajstić information content (AvgIpc) is 2.38. The number of nitrogens with two attached hydrogens (primary N) is 1. The summed E-state index contributed by atoms with van der Waals surface area (Å²) in [5.74, 6) is 1.000. The van der Waals surface area contributed by atoms with Crippen molar-refractivity contribution in [2.75, 3.05) is 0 Å².